The van der Waals surface area contributed by atoms with E-state index in [1.54, 1.807) is 0 Å². The van der Waals surface area contributed by atoms with E-state index in [0.717, 1.165) is 13.8 Å². The third-order valence-corrected chi connectivity index (χ3v) is 2.55. The molecule has 0 heterocycles. The first kappa shape index (κ1) is 20.5. The number of rotatable bonds is 4. The van der Waals surface area contributed by atoms with Gasteiger partial charge in [0, 0.05) is 13.8 Å². The van der Waals surface area contributed by atoms with Gasteiger partial charge >= 0.3 is 53.4 Å². The molecule has 19 heavy (non-hydrogen) atoms. The summed E-state index contributed by atoms with van der Waals surface area (Å²) in [7, 11) is -4.98. The molecule has 0 bridgehead atoms. The van der Waals surface area contributed by atoms with Crippen LogP contribution in [0.3, 0.4) is 0 Å². The van der Waals surface area contributed by atoms with E-state index in [9.17, 15) is 27.6 Å². The molecule has 0 amide bonds. The Morgan fingerprint density at radius 3 is 1.79 bits per heavy atom. The van der Waals surface area contributed by atoms with Crippen molar-refractivity contribution in [2.75, 3.05) is 0 Å². The van der Waals surface area contributed by atoms with Gasteiger partial charge in [0.15, 0.2) is 5.25 Å². The van der Waals surface area contributed by atoms with Gasteiger partial charge in [-0.3, -0.25) is 23.7 Å². The molecule has 1 atom stereocenters. The number of carbonyl (C=O) groups is 4. The van der Waals surface area contributed by atoms with Crippen molar-refractivity contribution in [2.45, 2.75) is 25.5 Å². The second-order valence-corrected chi connectivity index (χ2v) is 4.69. The molecule has 0 aliphatic heterocycles. The molecule has 0 spiro atoms. The van der Waals surface area contributed by atoms with Crippen LogP contribution in [-0.2, 0) is 38.8 Å². The molecule has 0 rings (SSSR count). The van der Waals surface area contributed by atoms with Crippen LogP contribution in [0.4, 0.5) is 0 Å². The van der Waals surface area contributed by atoms with Gasteiger partial charge in [0.1, 0.15) is 0 Å². The Balaban J connectivity index is 0. The van der Waals surface area contributed by atoms with Gasteiger partial charge in [-0.1, -0.05) is 0 Å². The van der Waals surface area contributed by atoms with Crippen molar-refractivity contribution in [3.05, 3.63) is 0 Å². The molecule has 0 radical (unpaired) electrons. The summed E-state index contributed by atoms with van der Waals surface area (Å²) < 4.78 is 38.3. The van der Waals surface area contributed by atoms with E-state index >= 15 is 0 Å². The van der Waals surface area contributed by atoms with Crippen molar-refractivity contribution < 1.29 is 41.6 Å². The summed E-state index contributed by atoms with van der Waals surface area (Å²) in [5.74, 6) is -5.13. The van der Waals surface area contributed by atoms with Crippen LogP contribution >= 0.6 is 0 Å². The number of ether oxygens (including phenoxy) is 2. The predicted octanol–water partition coefficient (Wildman–Crippen LogP) is -1.84. The number of carbonyl (C=O) groups excluding carboxylic acids is 4. The molecular weight excluding hydrogens is 295 g/mol. The van der Waals surface area contributed by atoms with Crippen molar-refractivity contribution in [3.63, 3.8) is 0 Å². The predicted molar refractivity (Wildman–Crippen MR) is 60.6 cm³/mol. The third kappa shape index (κ3) is 8.83. The van der Waals surface area contributed by atoms with E-state index in [0.29, 0.717) is 0 Å². The molecule has 9 nitrogen and oxygen atoms in total. The van der Waals surface area contributed by atoms with E-state index in [2.05, 4.69) is 9.47 Å². The molecule has 0 aromatic heterocycles. The van der Waals surface area contributed by atoms with E-state index in [-0.39, 0.29) is 29.6 Å². The van der Waals surface area contributed by atoms with Crippen molar-refractivity contribution in [3.8, 4) is 0 Å². The van der Waals surface area contributed by atoms with Gasteiger partial charge in [-0.2, -0.15) is 8.42 Å². The second-order valence-electron chi connectivity index (χ2n) is 3.09. The van der Waals surface area contributed by atoms with Crippen LogP contribution in [0, 0.1) is 0 Å². The molecular formula is C8H11NaO9S. The summed E-state index contributed by atoms with van der Waals surface area (Å²) in [6, 6.07) is 0. The van der Waals surface area contributed by atoms with E-state index in [1.165, 1.54) is 0 Å². The normalized spacial score (nSPS) is 11.7. The SMILES string of the molecule is CC(=O)OC(=O)CC(C(=O)OC(C)=O)S(=O)(=O)O.[NaH]. The van der Waals surface area contributed by atoms with E-state index in [4.69, 9.17) is 4.55 Å². The summed E-state index contributed by atoms with van der Waals surface area (Å²) in [5.41, 5.74) is 0. The minimum atomic E-state index is -4.98. The number of hydrogen-bond donors (Lipinski definition) is 1. The van der Waals surface area contributed by atoms with Crippen molar-refractivity contribution in [1.29, 1.82) is 0 Å². The van der Waals surface area contributed by atoms with Gasteiger partial charge in [-0.15, -0.1) is 0 Å². The zero-order valence-corrected chi connectivity index (χ0v) is 10.2. The number of esters is 4. The molecule has 1 unspecified atom stereocenters. The molecule has 0 saturated heterocycles. The second kappa shape index (κ2) is 8.38. The summed E-state index contributed by atoms with van der Waals surface area (Å²) in [6.07, 6.45) is -1.15. The van der Waals surface area contributed by atoms with Crippen LogP contribution in [-0.4, -0.2) is 71.7 Å². The van der Waals surface area contributed by atoms with Crippen LogP contribution in [0.5, 0.6) is 0 Å². The summed E-state index contributed by atoms with van der Waals surface area (Å²) in [6.45, 7) is 1.71. The molecule has 0 aliphatic carbocycles. The zero-order chi connectivity index (χ0) is 14.5. The molecule has 0 aromatic carbocycles. The van der Waals surface area contributed by atoms with Gasteiger partial charge in [0.05, 0.1) is 6.42 Å². The van der Waals surface area contributed by atoms with Gasteiger partial charge < -0.3 is 9.47 Å². The van der Waals surface area contributed by atoms with Crippen LogP contribution in [0.15, 0.2) is 0 Å². The Kier molecular flexibility index (Phi) is 9.04. The quantitative estimate of drug-likeness (QED) is 0.274. The first-order valence-electron chi connectivity index (χ1n) is 4.44. The van der Waals surface area contributed by atoms with Gasteiger partial charge in [-0.25, -0.2) is 0 Å². The fraction of sp³-hybridized carbons (Fsp3) is 0.500. The monoisotopic (exact) mass is 306 g/mol. The average Bonchev–Trinajstić information content (AvgIpc) is 2.09. The van der Waals surface area contributed by atoms with Crippen LogP contribution in [0.1, 0.15) is 20.3 Å². The first-order chi connectivity index (χ1) is 8.04. The van der Waals surface area contributed by atoms with E-state index in [1.807, 2.05) is 0 Å². The van der Waals surface area contributed by atoms with Gasteiger partial charge in [0.25, 0.3) is 10.1 Å². The first-order valence-corrected chi connectivity index (χ1v) is 5.94. The molecule has 0 aromatic rings. The maximum atomic E-state index is 11.1. The Bertz CT molecular complexity index is 480. The fourth-order valence-corrected chi connectivity index (χ4v) is 1.51. The number of hydrogen-bond acceptors (Lipinski definition) is 8. The van der Waals surface area contributed by atoms with Crippen LogP contribution in [0.25, 0.3) is 0 Å². The summed E-state index contributed by atoms with van der Waals surface area (Å²) in [5, 5.41) is -2.33. The van der Waals surface area contributed by atoms with Crippen molar-refractivity contribution >= 4 is 63.6 Å². The standard InChI is InChI=1S/C8H10O9S.Na.H/c1-4(9)16-7(11)3-6(18(13,14)15)8(12)17-5(2)10;;/h6H,3H2,1-2H3,(H,13,14,15);;. The summed E-state index contributed by atoms with van der Waals surface area (Å²) in [4.78, 5) is 43.0. The molecule has 104 valence electrons. The topological polar surface area (TPSA) is 141 Å². The fourth-order valence-electron chi connectivity index (χ4n) is 0.871. The Morgan fingerprint density at radius 1 is 1.05 bits per heavy atom. The Hall–Kier alpha value is -0.810. The van der Waals surface area contributed by atoms with Crippen LogP contribution < -0.4 is 0 Å². The van der Waals surface area contributed by atoms with Crippen molar-refractivity contribution in [2.24, 2.45) is 0 Å². The Morgan fingerprint density at radius 2 is 1.47 bits per heavy atom. The molecule has 1 N–H and O–H groups in total. The minimum absolute atomic E-state index is 0. The summed E-state index contributed by atoms with van der Waals surface area (Å²) >= 11 is 0. The molecule has 0 aliphatic rings. The van der Waals surface area contributed by atoms with E-state index < -0.39 is 45.7 Å². The molecule has 0 fully saturated rings. The maximum absolute atomic E-state index is 11.1. The molecule has 11 heteroatoms. The van der Waals surface area contributed by atoms with Crippen molar-refractivity contribution in [1.82, 2.24) is 0 Å². The zero-order valence-electron chi connectivity index (χ0n) is 9.41. The van der Waals surface area contributed by atoms with Gasteiger partial charge in [0.2, 0.25) is 0 Å². The average molecular weight is 306 g/mol. The van der Waals surface area contributed by atoms with Gasteiger partial charge in [-0.05, 0) is 0 Å². The molecule has 0 saturated carbocycles. The third-order valence-electron chi connectivity index (χ3n) is 1.48. The van der Waals surface area contributed by atoms with Crippen LogP contribution in [0.2, 0.25) is 0 Å². The Labute approximate surface area is 130 Å².